The molecular weight excluding hydrogens is 324 g/mol. The van der Waals surface area contributed by atoms with Crippen LogP contribution in [-0.4, -0.2) is 68.7 Å². The minimum Gasteiger partial charge on any atom is -0.497 e. The summed E-state index contributed by atoms with van der Waals surface area (Å²) in [4.78, 5) is 9.90. The highest BCUT2D eigenvalue weighted by Crippen LogP contribution is 2.28. The lowest BCUT2D eigenvalue weighted by Gasteiger charge is -2.26. The van der Waals surface area contributed by atoms with Gasteiger partial charge in [0, 0.05) is 32.1 Å². The number of piperidine rings is 1. The predicted octanol–water partition coefficient (Wildman–Crippen LogP) is 2.94. The molecule has 2 fully saturated rings. The minimum atomic E-state index is 0.576. The molecule has 0 bridgehead atoms. The Bertz CT molecular complexity index is 566. The van der Waals surface area contributed by atoms with E-state index in [0.29, 0.717) is 5.92 Å². The van der Waals surface area contributed by atoms with Crippen LogP contribution < -0.4 is 10.1 Å². The van der Waals surface area contributed by atoms with Crippen molar-refractivity contribution < 1.29 is 4.74 Å². The summed E-state index contributed by atoms with van der Waals surface area (Å²) < 4.78 is 5.27. The quantitative estimate of drug-likeness (QED) is 0.627. The standard InChI is InChI=1S/C21H34N4O/c1-3-22-21(23-12-16-24-13-5-4-6-14-24)25-15-11-19(17-25)18-7-9-20(26-2)10-8-18/h7-10,19H,3-6,11-17H2,1-2H3,(H,22,23). The number of benzene rings is 1. The molecule has 0 aromatic heterocycles. The Morgan fingerprint density at radius 1 is 1.15 bits per heavy atom. The Hall–Kier alpha value is -1.75. The number of methoxy groups -OCH3 is 1. The predicted molar refractivity (Wildman–Crippen MR) is 108 cm³/mol. The van der Waals surface area contributed by atoms with E-state index in [4.69, 9.17) is 9.73 Å². The van der Waals surface area contributed by atoms with Gasteiger partial charge < -0.3 is 19.9 Å². The van der Waals surface area contributed by atoms with E-state index in [-0.39, 0.29) is 0 Å². The number of rotatable bonds is 6. The van der Waals surface area contributed by atoms with E-state index < -0.39 is 0 Å². The molecule has 26 heavy (non-hydrogen) atoms. The molecule has 2 aliphatic rings. The lowest BCUT2D eigenvalue weighted by molar-refractivity contribution is 0.235. The number of nitrogens with zero attached hydrogens (tertiary/aromatic N) is 3. The topological polar surface area (TPSA) is 40.1 Å². The fourth-order valence-electron chi connectivity index (χ4n) is 4.01. The molecule has 0 aliphatic carbocycles. The van der Waals surface area contributed by atoms with Gasteiger partial charge in [0.2, 0.25) is 0 Å². The second-order valence-electron chi connectivity index (χ2n) is 7.34. The van der Waals surface area contributed by atoms with E-state index in [9.17, 15) is 0 Å². The largest absolute Gasteiger partial charge is 0.497 e. The number of nitrogens with one attached hydrogen (secondary N) is 1. The van der Waals surface area contributed by atoms with Gasteiger partial charge in [0.25, 0.3) is 0 Å². The van der Waals surface area contributed by atoms with Crippen molar-refractivity contribution in [3.63, 3.8) is 0 Å². The summed E-state index contributed by atoms with van der Waals surface area (Å²) in [7, 11) is 1.72. The Morgan fingerprint density at radius 3 is 2.62 bits per heavy atom. The van der Waals surface area contributed by atoms with Gasteiger partial charge in [-0.05, 0) is 57.0 Å². The summed E-state index contributed by atoms with van der Waals surface area (Å²) in [6.45, 7) is 9.67. The summed E-state index contributed by atoms with van der Waals surface area (Å²) in [6, 6.07) is 8.53. The Labute approximate surface area is 158 Å². The number of hydrogen-bond donors (Lipinski definition) is 1. The summed E-state index contributed by atoms with van der Waals surface area (Å²) in [5, 5.41) is 3.49. The van der Waals surface area contributed by atoms with E-state index in [2.05, 4.69) is 46.3 Å². The van der Waals surface area contributed by atoms with Crippen molar-refractivity contribution >= 4 is 5.96 Å². The maximum absolute atomic E-state index is 5.27. The maximum Gasteiger partial charge on any atom is 0.193 e. The zero-order valence-corrected chi connectivity index (χ0v) is 16.4. The molecule has 144 valence electrons. The van der Waals surface area contributed by atoms with Gasteiger partial charge in [-0.15, -0.1) is 0 Å². The molecule has 1 aromatic carbocycles. The minimum absolute atomic E-state index is 0.576. The molecule has 0 radical (unpaired) electrons. The highest BCUT2D eigenvalue weighted by molar-refractivity contribution is 5.80. The zero-order chi connectivity index (χ0) is 18.2. The summed E-state index contributed by atoms with van der Waals surface area (Å²) in [5.41, 5.74) is 1.40. The molecule has 1 N–H and O–H groups in total. The number of aliphatic imine (C=N–C) groups is 1. The van der Waals surface area contributed by atoms with Crippen molar-refractivity contribution in [3.8, 4) is 5.75 Å². The smallest absolute Gasteiger partial charge is 0.193 e. The number of guanidine groups is 1. The van der Waals surface area contributed by atoms with Crippen LogP contribution in [0.4, 0.5) is 0 Å². The van der Waals surface area contributed by atoms with E-state index in [1.54, 1.807) is 7.11 Å². The third kappa shape index (κ3) is 5.13. The van der Waals surface area contributed by atoms with Crippen molar-refractivity contribution in [2.24, 2.45) is 4.99 Å². The van der Waals surface area contributed by atoms with Gasteiger partial charge in [-0.3, -0.25) is 4.99 Å². The van der Waals surface area contributed by atoms with E-state index in [0.717, 1.165) is 44.4 Å². The van der Waals surface area contributed by atoms with Gasteiger partial charge in [0.05, 0.1) is 13.7 Å². The van der Waals surface area contributed by atoms with Gasteiger partial charge in [0.1, 0.15) is 5.75 Å². The molecular formula is C21H34N4O. The monoisotopic (exact) mass is 358 g/mol. The maximum atomic E-state index is 5.27. The van der Waals surface area contributed by atoms with Crippen LogP contribution in [0.3, 0.4) is 0 Å². The molecule has 2 saturated heterocycles. The van der Waals surface area contributed by atoms with Crippen molar-refractivity contribution in [1.82, 2.24) is 15.1 Å². The van der Waals surface area contributed by atoms with Crippen LogP contribution in [0.5, 0.6) is 5.75 Å². The van der Waals surface area contributed by atoms with Crippen molar-refractivity contribution in [1.29, 1.82) is 0 Å². The van der Waals surface area contributed by atoms with Crippen molar-refractivity contribution in [2.45, 2.75) is 38.5 Å². The lowest BCUT2D eigenvalue weighted by atomic mass is 9.98. The van der Waals surface area contributed by atoms with Gasteiger partial charge in [-0.2, -0.15) is 0 Å². The summed E-state index contributed by atoms with van der Waals surface area (Å²) in [5.74, 6) is 2.59. The fourth-order valence-corrected chi connectivity index (χ4v) is 4.01. The Balaban J connectivity index is 1.54. The second-order valence-corrected chi connectivity index (χ2v) is 7.34. The Morgan fingerprint density at radius 2 is 1.92 bits per heavy atom. The number of ether oxygens (including phenoxy) is 1. The van der Waals surface area contributed by atoms with E-state index in [1.165, 1.54) is 44.3 Å². The van der Waals surface area contributed by atoms with Crippen molar-refractivity contribution in [2.75, 3.05) is 52.9 Å². The zero-order valence-electron chi connectivity index (χ0n) is 16.4. The molecule has 0 saturated carbocycles. The van der Waals surface area contributed by atoms with Crippen LogP contribution in [0, 0.1) is 0 Å². The van der Waals surface area contributed by atoms with Gasteiger partial charge in [0.15, 0.2) is 5.96 Å². The van der Waals surface area contributed by atoms with Gasteiger partial charge >= 0.3 is 0 Å². The average Bonchev–Trinajstić information content (AvgIpc) is 3.18. The summed E-state index contributed by atoms with van der Waals surface area (Å²) in [6.07, 6.45) is 5.27. The summed E-state index contributed by atoms with van der Waals surface area (Å²) >= 11 is 0. The van der Waals surface area contributed by atoms with Crippen LogP contribution in [0.25, 0.3) is 0 Å². The lowest BCUT2D eigenvalue weighted by Crippen LogP contribution is -2.40. The third-order valence-electron chi connectivity index (χ3n) is 5.54. The molecule has 1 atom stereocenters. The first-order chi connectivity index (χ1) is 12.8. The van der Waals surface area contributed by atoms with Crippen LogP contribution in [-0.2, 0) is 0 Å². The molecule has 2 aliphatic heterocycles. The highest BCUT2D eigenvalue weighted by Gasteiger charge is 2.26. The normalized spacial score (nSPS) is 21.8. The molecule has 0 spiro atoms. The molecule has 5 nitrogen and oxygen atoms in total. The fraction of sp³-hybridized carbons (Fsp3) is 0.667. The SMILES string of the molecule is CCNC(=NCCN1CCCCC1)N1CCC(c2ccc(OC)cc2)C1. The molecule has 0 amide bonds. The van der Waals surface area contributed by atoms with Crippen LogP contribution in [0.2, 0.25) is 0 Å². The highest BCUT2D eigenvalue weighted by atomic mass is 16.5. The first-order valence-electron chi connectivity index (χ1n) is 10.2. The first-order valence-corrected chi connectivity index (χ1v) is 10.2. The number of hydrogen-bond acceptors (Lipinski definition) is 3. The average molecular weight is 359 g/mol. The van der Waals surface area contributed by atoms with Gasteiger partial charge in [-0.1, -0.05) is 18.6 Å². The van der Waals surface area contributed by atoms with Crippen LogP contribution in [0.15, 0.2) is 29.3 Å². The van der Waals surface area contributed by atoms with E-state index >= 15 is 0 Å². The molecule has 1 unspecified atom stereocenters. The molecule has 2 heterocycles. The van der Waals surface area contributed by atoms with Crippen LogP contribution in [0.1, 0.15) is 44.1 Å². The molecule has 5 heteroatoms. The third-order valence-corrected chi connectivity index (χ3v) is 5.54. The molecule has 1 aromatic rings. The molecule has 3 rings (SSSR count). The first kappa shape index (κ1) is 19.0. The number of likely N-dealkylation sites (tertiary alicyclic amines) is 2. The van der Waals surface area contributed by atoms with E-state index in [1.807, 2.05) is 0 Å². The van der Waals surface area contributed by atoms with Crippen LogP contribution >= 0.6 is 0 Å². The Kier molecular flexibility index (Phi) is 7.18. The van der Waals surface area contributed by atoms with Gasteiger partial charge in [-0.25, -0.2) is 0 Å². The van der Waals surface area contributed by atoms with Crippen molar-refractivity contribution in [3.05, 3.63) is 29.8 Å². The second kappa shape index (κ2) is 9.81.